The molecule has 0 spiro atoms. The first-order valence-corrected chi connectivity index (χ1v) is 7.50. The lowest BCUT2D eigenvalue weighted by Gasteiger charge is -2.45. The van der Waals surface area contributed by atoms with Crippen LogP contribution < -0.4 is 0 Å². The van der Waals surface area contributed by atoms with Gasteiger partial charge in [0, 0.05) is 0 Å². The Hall–Kier alpha value is -2.44. The van der Waals surface area contributed by atoms with Crippen LogP contribution in [0.3, 0.4) is 0 Å². The average Bonchev–Trinajstić information content (AvgIpc) is 2.61. The molecule has 0 fully saturated rings. The van der Waals surface area contributed by atoms with Gasteiger partial charge in [0.05, 0.1) is 26.4 Å². The Morgan fingerprint density at radius 1 is 1.12 bits per heavy atom. The lowest BCUT2D eigenvalue weighted by Crippen LogP contribution is -2.55. The van der Waals surface area contributed by atoms with Gasteiger partial charge >= 0.3 is 11.9 Å². The maximum Gasteiger partial charge on any atom is 0.321 e. The fourth-order valence-corrected chi connectivity index (χ4v) is 3.58. The number of hydrogen-bond donors (Lipinski definition) is 2. The van der Waals surface area contributed by atoms with E-state index in [2.05, 4.69) is 0 Å². The molecule has 0 saturated carbocycles. The van der Waals surface area contributed by atoms with Crippen molar-refractivity contribution in [1.82, 2.24) is 0 Å². The van der Waals surface area contributed by atoms with Crippen LogP contribution in [-0.2, 0) is 19.1 Å². The Kier molecular flexibility index (Phi) is 4.03. The highest BCUT2D eigenvalue weighted by Crippen LogP contribution is 2.53. The van der Waals surface area contributed by atoms with Gasteiger partial charge in [0.2, 0.25) is 0 Å². The third-order valence-electron chi connectivity index (χ3n) is 4.72. The molecule has 6 heteroatoms. The molecule has 0 bridgehead atoms. The predicted octanol–water partition coefficient (Wildman–Crippen LogP) is 0.781. The van der Waals surface area contributed by atoms with Crippen molar-refractivity contribution >= 4 is 23.6 Å². The van der Waals surface area contributed by atoms with E-state index in [-0.39, 0.29) is 0 Å². The Bertz CT molecular complexity index is 750. The summed E-state index contributed by atoms with van der Waals surface area (Å²) < 4.78 is 9.73. The Morgan fingerprint density at radius 2 is 1.83 bits per heavy atom. The van der Waals surface area contributed by atoms with Crippen molar-refractivity contribution in [3.63, 3.8) is 0 Å². The molecule has 3 rings (SSSR count). The smallest absolute Gasteiger partial charge is 0.321 e. The van der Waals surface area contributed by atoms with E-state index in [0.717, 1.165) is 5.56 Å². The zero-order valence-electron chi connectivity index (χ0n) is 13.3. The van der Waals surface area contributed by atoms with Crippen molar-refractivity contribution < 1.29 is 29.3 Å². The van der Waals surface area contributed by atoms with Crippen LogP contribution in [-0.4, -0.2) is 48.6 Å². The minimum Gasteiger partial charge on any atom is -0.469 e. The highest BCUT2D eigenvalue weighted by molar-refractivity contribution is 6.04. The summed E-state index contributed by atoms with van der Waals surface area (Å²) in [5.74, 6) is -2.79. The van der Waals surface area contributed by atoms with Crippen molar-refractivity contribution in [1.29, 1.82) is 0 Å². The monoisotopic (exact) mass is 330 g/mol. The number of benzene rings is 1. The fourth-order valence-electron chi connectivity index (χ4n) is 3.58. The van der Waals surface area contributed by atoms with Gasteiger partial charge in [-0.3, -0.25) is 9.59 Å². The maximum absolute atomic E-state index is 12.7. The molecule has 2 aliphatic rings. The Balaban J connectivity index is 2.32. The van der Waals surface area contributed by atoms with E-state index in [9.17, 15) is 19.8 Å². The van der Waals surface area contributed by atoms with Crippen molar-refractivity contribution in [3.05, 3.63) is 47.5 Å². The molecule has 1 aromatic rings. The Morgan fingerprint density at radius 3 is 2.50 bits per heavy atom. The quantitative estimate of drug-likeness (QED) is 0.779. The lowest BCUT2D eigenvalue weighted by molar-refractivity contribution is -0.168. The summed E-state index contributed by atoms with van der Waals surface area (Å²) in [6, 6.07) is 7.30. The summed E-state index contributed by atoms with van der Waals surface area (Å²) in [7, 11) is 2.39. The third kappa shape index (κ3) is 2.11. The van der Waals surface area contributed by atoms with E-state index in [1.165, 1.54) is 20.3 Å². The molecular weight excluding hydrogens is 312 g/mol. The van der Waals surface area contributed by atoms with Crippen LogP contribution in [0.1, 0.15) is 11.1 Å². The van der Waals surface area contributed by atoms with Gasteiger partial charge < -0.3 is 19.7 Å². The van der Waals surface area contributed by atoms with Crippen LogP contribution in [0.2, 0.25) is 0 Å². The standard InChI is InChI=1S/C18H18O6/c1-23-16(21)14-15(20)13(19)9-12-11-6-4-3-5-10(11)7-8-18(12,14)17(22)24-2/h3-9,13-15,19-20H,1-2H3/t13-,14+,15+,18+/m0/s1. The van der Waals surface area contributed by atoms with Gasteiger partial charge in [0.25, 0.3) is 0 Å². The predicted molar refractivity (Wildman–Crippen MR) is 85.4 cm³/mol. The minimum absolute atomic E-state index is 0.431. The zero-order chi connectivity index (χ0) is 17.5. The van der Waals surface area contributed by atoms with Gasteiger partial charge in [-0.2, -0.15) is 0 Å². The van der Waals surface area contributed by atoms with Crippen LogP contribution >= 0.6 is 0 Å². The molecule has 0 heterocycles. The van der Waals surface area contributed by atoms with Gasteiger partial charge in [-0.15, -0.1) is 0 Å². The number of carbonyl (C=O) groups excluding carboxylic acids is 2. The van der Waals surface area contributed by atoms with Gasteiger partial charge in [-0.1, -0.05) is 36.4 Å². The van der Waals surface area contributed by atoms with Crippen molar-refractivity contribution in [2.45, 2.75) is 12.2 Å². The second kappa shape index (κ2) is 5.89. The first-order valence-electron chi connectivity index (χ1n) is 7.50. The first kappa shape index (κ1) is 16.4. The van der Waals surface area contributed by atoms with Crippen molar-refractivity contribution in [3.8, 4) is 0 Å². The molecular formula is C18H18O6. The van der Waals surface area contributed by atoms with Crippen LogP contribution in [0.5, 0.6) is 0 Å². The number of methoxy groups -OCH3 is 2. The van der Waals surface area contributed by atoms with E-state index in [1.54, 1.807) is 24.3 Å². The van der Waals surface area contributed by atoms with Crippen LogP contribution in [0.25, 0.3) is 11.6 Å². The van der Waals surface area contributed by atoms with E-state index < -0.39 is 35.5 Å². The van der Waals surface area contributed by atoms with E-state index in [0.29, 0.717) is 11.1 Å². The van der Waals surface area contributed by atoms with Gasteiger partial charge in [-0.25, -0.2) is 0 Å². The summed E-state index contributed by atoms with van der Waals surface area (Å²) in [6.45, 7) is 0. The Labute approximate surface area is 139 Å². The topological polar surface area (TPSA) is 93.1 Å². The molecule has 126 valence electrons. The van der Waals surface area contributed by atoms with Crippen LogP contribution in [0.15, 0.2) is 36.4 Å². The number of aliphatic hydroxyl groups is 2. The molecule has 4 atom stereocenters. The second-order valence-electron chi connectivity index (χ2n) is 5.84. The molecule has 0 amide bonds. The average molecular weight is 330 g/mol. The number of fused-ring (bicyclic) bond motifs is 3. The van der Waals surface area contributed by atoms with Gasteiger partial charge in [0.1, 0.15) is 11.3 Å². The minimum atomic E-state index is -1.55. The molecule has 2 N–H and O–H groups in total. The second-order valence-corrected chi connectivity index (χ2v) is 5.84. The summed E-state index contributed by atoms with van der Waals surface area (Å²) in [5, 5.41) is 20.6. The third-order valence-corrected chi connectivity index (χ3v) is 4.72. The van der Waals surface area contributed by atoms with Crippen molar-refractivity contribution in [2.75, 3.05) is 14.2 Å². The summed E-state index contributed by atoms with van der Waals surface area (Å²) in [4.78, 5) is 25.1. The number of esters is 2. The largest absolute Gasteiger partial charge is 0.469 e. The fraction of sp³-hybridized carbons (Fsp3) is 0.333. The molecule has 0 unspecified atom stereocenters. The van der Waals surface area contributed by atoms with Gasteiger partial charge in [0.15, 0.2) is 0 Å². The first-order chi connectivity index (χ1) is 11.5. The number of ether oxygens (including phenoxy) is 2. The molecule has 0 aliphatic heterocycles. The number of hydrogen-bond acceptors (Lipinski definition) is 6. The van der Waals surface area contributed by atoms with Crippen LogP contribution in [0.4, 0.5) is 0 Å². The SMILES string of the molecule is COC(=O)[C@H]1[C@H](O)[C@@H](O)C=C2c3ccccc3C=C[C@@]21C(=O)OC. The summed E-state index contributed by atoms with van der Waals surface area (Å²) in [6.07, 6.45) is 1.87. The highest BCUT2D eigenvalue weighted by Gasteiger charge is 2.59. The molecule has 2 aliphatic carbocycles. The van der Waals surface area contributed by atoms with E-state index >= 15 is 0 Å². The van der Waals surface area contributed by atoms with Gasteiger partial charge in [-0.05, 0) is 22.8 Å². The summed E-state index contributed by atoms with van der Waals surface area (Å²) in [5.41, 5.74) is 0.427. The molecule has 1 aromatic carbocycles. The van der Waals surface area contributed by atoms with E-state index in [4.69, 9.17) is 9.47 Å². The summed E-state index contributed by atoms with van der Waals surface area (Å²) >= 11 is 0. The molecule has 0 aromatic heterocycles. The van der Waals surface area contributed by atoms with Crippen molar-refractivity contribution in [2.24, 2.45) is 11.3 Å². The highest BCUT2D eigenvalue weighted by atomic mass is 16.5. The molecule has 24 heavy (non-hydrogen) atoms. The number of rotatable bonds is 2. The number of aliphatic hydroxyl groups excluding tert-OH is 2. The zero-order valence-corrected chi connectivity index (χ0v) is 13.3. The van der Waals surface area contributed by atoms with Crippen LogP contribution in [0, 0.1) is 11.3 Å². The number of carbonyl (C=O) groups is 2. The van der Waals surface area contributed by atoms with E-state index in [1.807, 2.05) is 12.1 Å². The lowest BCUT2D eigenvalue weighted by atomic mass is 9.59. The normalized spacial score (nSPS) is 30.7. The molecule has 0 radical (unpaired) electrons. The molecule has 6 nitrogen and oxygen atoms in total. The molecule has 0 saturated heterocycles. The maximum atomic E-state index is 12.7.